The highest BCUT2D eigenvalue weighted by Crippen LogP contribution is 2.16. The molecule has 0 saturated carbocycles. The lowest BCUT2D eigenvalue weighted by molar-refractivity contribution is -0.147. The predicted molar refractivity (Wildman–Crippen MR) is 32.9 cm³/mol. The van der Waals surface area contributed by atoms with E-state index in [9.17, 15) is 9.59 Å². The molecular formula is C4H4N4O3. The zero-order valence-electron chi connectivity index (χ0n) is 5.26. The fourth-order valence-corrected chi connectivity index (χ4v) is 0.561. The molecule has 0 aliphatic carbocycles. The van der Waals surface area contributed by atoms with Crippen LogP contribution in [0.5, 0.6) is 0 Å². The molecule has 1 aliphatic rings. The topological polar surface area (TPSA) is 117 Å². The quantitative estimate of drug-likeness (QED) is 0.486. The molecule has 7 heteroatoms. The third-order valence-electron chi connectivity index (χ3n) is 1.14. The van der Waals surface area contributed by atoms with E-state index in [1.165, 1.54) is 0 Å². The fourth-order valence-electron chi connectivity index (χ4n) is 0.561. The van der Waals surface area contributed by atoms with Crippen LogP contribution in [0.1, 0.15) is 0 Å². The first-order valence-corrected chi connectivity index (χ1v) is 2.58. The van der Waals surface area contributed by atoms with Crippen molar-refractivity contribution in [2.75, 3.05) is 0 Å². The Hall–Kier alpha value is -1.79. The van der Waals surface area contributed by atoms with Gasteiger partial charge in [-0.05, 0) is 0 Å². The summed E-state index contributed by atoms with van der Waals surface area (Å²) in [6.07, 6.45) is 0.874. The van der Waals surface area contributed by atoms with Crippen molar-refractivity contribution >= 4 is 18.2 Å². The highest BCUT2D eigenvalue weighted by atomic mass is 16.4. The maximum atomic E-state index is 10.5. The molecule has 1 atom stereocenters. The standard InChI is InChI=1S/C4H4N4O3/c5-2(9)4(3(10)11)6-1-7-8-4/h1H,(H2,5,9)(H,10,11). The van der Waals surface area contributed by atoms with Crippen LogP contribution in [0, 0.1) is 0 Å². The van der Waals surface area contributed by atoms with Crippen molar-refractivity contribution in [3.63, 3.8) is 0 Å². The van der Waals surface area contributed by atoms with Gasteiger partial charge in [0.2, 0.25) is 0 Å². The number of azo groups is 1. The van der Waals surface area contributed by atoms with Gasteiger partial charge in [-0.15, -0.1) is 10.2 Å². The van der Waals surface area contributed by atoms with Gasteiger partial charge in [0.05, 0.1) is 0 Å². The Balaban J connectivity index is 3.09. The second-order valence-corrected chi connectivity index (χ2v) is 1.80. The van der Waals surface area contributed by atoms with E-state index in [0.29, 0.717) is 0 Å². The van der Waals surface area contributed by atoms with E-state index in [1.54, 1.807) is 0 Å². The van der Waals surface area contributed by atoms with Crippen molar-refractivity contribution < 1.29 is 14.7 Å². The van der Waals surface area contributed by atoms with Gasteiger partial charge in [0.25, 0.3) is 5.91 Å². The van der Waals surface area contributed by atoms with Gasteiger partial charge in [-0.25, -0.2) is 9.79 Å². The van der Waals surface area contributed by atoms with Crippen molar-refractivity contribution in [2.45, 2.75) is 5.66 Å². The fraction of sp³-hybridized carbons (Fsp3) is 0.250. The summed E-state index contributed by atoms with van der Waals surface area (Å²) in [5.41, 5.74) is 2.52. The average molecular weight is 156 g/mol. The number of nitrogens with two attached hydrogens (primary N) is 1. The molecule has 11 heavy (non-hydrogen) atoms. The number of carboxylic acids is 1. The summed E-state index contributed by atoms with van der Waals surface area (Å²) >= 11 is 0. The number of carbonyl (C=O) groups excluding carboxylic acids is 1. The number of rotatable bonds is 2. The molecule has 0 radical (unpaired) electrons. The Labute approximate surface area is 60.6 Å². The lowest BCUT2D eigenvalue weighted by Gasteiger charge is -2.09. The number of carbonyl (C=O) groups is 2. The Morgan fingerprint density at radius 2 is 2.18 bits per heavy atom. The number of carboxylic acid groups (broad SMARTS) is 1. The Bertz CT molecular complexity index is 241. The molecule has 0 aromatic carbocycles. The van der Waals surface area contributed by atoms with Gasteiger partial charge < -0.3 is 10.8 Å². The minimum atomic E-state index is -2.22. The van der Waals surface area contributed by atoms with Crippen LogP contribution in [0.4, 0.5) is 0 Å². The zero-order chi connectivity index (χ0) is 8.48. The van der Waals surface area contributed by atoms with Crippen molar-refractivity contribution in [3.05, 3.63) is 0 Å². The first kappa shape index (κ1) is 7.32. The molecular weight excluding hydrogens is 152 g/mol. The summed E-state index contributed by atoms with van der Waals surface area (Å²) in [4.78, 5) is 24.2. The first-order chi connectivity index (χ1) is 5.09. The Kier molecular flexibility index (Phi) is 1.41. The maximum Gasteiger partial charge on any atom is 0.366 e. The molecule has 1 unspecified atom stereocenters. The number of amides is 1. The van der Waals surface area contributed by atoms with E-state index < -0.39 is 17.5 Å². The zero-order valence-corrected chi connectivity index (χ0v) is 5.26. The van der Waals surface area contributed by atoms with E-state index in [4.69, 9.17) is 10.8 Å². The van der Waals surface area contributed by atoms with Gasteiger partial charge in [0.15, 0.2) is 0 Å². The van der Waals surface area contributed by atoms with Crippen LogP contribution in [-0.2, 0) is 9.59 Å². The number of nitrogens with zero attached hydrogens (tertiary/aromatic N) is 3. The number of hydrogen-bond acceptors (Lipinski definition) is 5. The van der Waals surface area contributed by atoms with Crippen molar-refractivity contribution in [3.8, 4) is 0 Å². The second kappa shape index (κ2) is 2.11. The van der Waals surface area contributed by atoms with Crippen LogP contribution in [0.3, 0.4) is 0 Å². The molecule has 1 amide bonds. The van der Waals surface area contributed by atoms with E-state index in [-0.39, 0.29) is 0 Å². The molecule has 3 N–H and O–H groups in total. The highest BCUT2D eigenvalue weighted by Gasteiger charge is 2.47. The molecule has 0 fully saturated rings. The number of primary amides is 1. The minimum Gasteiger partial charge on any atom is -0.478 e. The molecule has 7 nitrogen and oxygen atoms in total. The van der Waals surface area contributed by atoms with Crippen molar-refractivity contribution in [1.82, 2.24) is 0 Å². The molecule has 0 spiro atoms. The summed E-state index contributed by atoms with van der Waals surface area (Å²) in [7, 11) is 0. The van der Waals surface area contributed by atoms with E-state index in [1.807, 2.05) is 0 Å². The summed E-state index contributed by atoms with van der Waals surface area (Å²) in [5, 5.41) is 14.7. The van der Waals surface area contributed by atoms with Gasteiger partial charge in [-0.2, -0.15) is 0 Å². The maximum absolute atomic E-state index is 10.5. The Morgan fingerprint density at radius 1 is 1.55 bits per heavy atom. The monoisotopic (exact) mass is 156 g/mol. The predicted octanol–water partition coefficient (Wildman–Crippen LogP) is -1.25. The molecule has 0 bridgehead atoms. The average Bonchev–Trinajstić information content (AvgIpc) is 2.34. The van der Waals surface area contributed by atoms with Crippen LogP contribution >= 0.6 is 0 Å². The third kappa shape index (κ3) is 0.858. The van der Waals surface area contributed by atoms with Crippen LogP contribution in [0.15, 0.2) is 15.2 Å². The molecule has 0 aromatic heterocycles. The van der Waals surface area contributed by atoms with Gasteiger partial charge in [-0.3, -0.25) is 4.79 Å². The second-order valence-electron chi connectivity index (χ2n) is 1.80. The smallest absolute Gasteiger partial charge is 0.366 e. The highest BCUT2D eigenvalue weighted by molar-refractivity contribution is 6.07. The van der Waals surface area contributed by atoms with Crippen LogP contribution in [-0.4, -0.2) is 29.0 Å². The molecule has 1 heterocycles. The van der Waals surface area contributed by atoms with Gasteiger partial charge in [0, 0.05) is 0 Å². The summed E-state index contributed by atoms with van der Waals surface area (Å²) in [6, 6.07) is 0. The summed E-state index contributed by atoms with van der Waals surface area (Å²) in [6.45, 7) is 0. The van der Waals surface area contributed by atoms with Crippen LogP contribution < -0.4 is 5.73 Å². The first-order valence-electron chi connectivity index (χ1n) is 2.58. The number of hydrogen-bond donors (Lipinski definition) is 2. The Morgan fingerprint density at radius 3 is 2.36 bits per heavy atom. The summed E-state index contributed by atoms with van der Waals surface area (Å²) < 4.78 is 0. The van der Waals surface area contributed by atoms with Gasteiger partial charge >= 0.3 is 11.6 Å². The SMILES string of the molecule is NC(=O)C1(C(=O)O)N=CN=N1. The summed E-state index contributed by atoms with van der Waals surface area (Å²) in [5.74, 6) is -2.68. The minimum absolute atomic E-state index is 0.874. The number of aliphatic imine (C=N–C) groups is 1. The largest absolute Gasteiger partial charge is 0.478 e. The van der Waals surface area contributed by atoms with E-state index in [2.05, 4.69) is 15.2 Å². The van der Waals surface area contributed by atoms with Crippen LogP contribution in [0.2, 0.25) is 0 Å². The molecule has 0 saturated heterocycles. The van der Waals surface area contributed by atoms with Gasteiger partial charge in [0.1, 0.15) is 6.34 Å². The molecule has 1 aliphatic heterocycles. The molecule has 1 rings (SSSR count). The third-order valence-corrected chi connectivity index (χ3v) is 1.14. The molecule has 58 valence electrons. The van der Waals surface area contributed by atoms with Crippen molar-refractivity contribution in [1.29, 1.82) is 0 Å². The molecule has 0 aromatic rings. The lowest BCUT2D eigenvalue weighted by Crippen LogP contribution is -2.46. The van der Waals surface area contributed by atoms with Crippen LogP contribution in [0.25, 0.3) is 0 Å². The lowest BCUT2D eigenvalue weighted by atomic mass is 10.2. The van der Waals surface area contributed by atoms with Gasteiger partial charge in [-0.1, -0.05) is 0 Å². The normalized spacial score (nSPS) is 27.3. The van der Waals surface area contributed by atoms with E-state index in [0.717, 1.165) is 6.34 Å². The van der Waals surface area contributed by atoms with Crippen molar-refractivity contribution in [2.24, 2.45) is 21.0 Å². The number of aliphatic carboxylic acids is 1. The van der Waals surface area contributed by atoms with E-state index >= 15 is 0 Å².